The maximum atomic E-state index is 11.9. The molecule has 0 aliphatic carbocycles. The van der Waals surface area contributed by atoms with E-state index in [1.807, 2.05) is 52.0 Å². The number of hydrogen-bond acceptors (Lipinski definition) is 6. The van der Waals surface area contributed by atoms with Gasteiger partial charge in [0, 0.05) is 18.5 Å². The van der Waals surface area contributed by atoms with Gasteiger partial charge in [-0.3, -0.25) is 0 Å². The van der Waals surface area contributed by atoms with E-state index in [9.17, 15) is 4.79 Å². The average molecular weight is 414 g/mol. The molecule has 1 aromatic carbocycles. The number of nitrogens with two attached hydrogens (primary N) is 1. The molecule has 0 radical (unpaired) electrons. The van der Waals surface area contributed by atoms with Crippen molar-refractivity contribution in [2.24, 2.45) is 0 Å². The van der Waals surface area contributed by atoms with E-state index < -0.39 is 11.7 Å². The number of nitrogen functional groups attached to an aromatic ring is 1. The highest BCUT2D eigenvalue weighted by atomic mass is 16.6. The molecule has 0 spiro atoms. The molecule has 0 fully saturated rings. The lowest BCUT2D eigenvalue weighted by molar-refractivity contribution is 0.0525. The number of ether oxygens (including phenoxy) is 2. The second-order valence-corrected chi connectivity index (χ2v) is 8.25. The second kappa shape index (κ2) is 9.30. The first-order valence-electron chi connectivity index (χ1n) is 10.4. The van der Waals surface area contributed by atoms with E-state index in [0.717, 1.165) is 29.3 Å². The molecule has 30 heavy (non-hydrogen) atoms. The summed E-state index contributed by atoms with van der Waals surface area (Å²) < 4.78 is 13.2. The maximum Gasteiger partial charge on any atom is 0.407 e. The van der Waals surface area contributed by atoms with Crippen molar-refractivity contribution in [1.29, 1.82) is 0 Å². The smallest absolute Gasteiger partial charge is 0.407 e. The molecule has 0 bridgehead atoms. The van der Waals surface area contributed by atoms with E-state index in [1.54, 1.807) is 6.33 Å². The number of rotatable bonds is 8. The number of aromatic nitrogens is 3. The zero-order valence-electron chi connectivity index (χ0n) is 18.1. The molecule has 3 rings (SSSR count). The lowest BCUT2D eigenvalue weighted by atomic mass is 10.1. The molecule has 0 aliphatic rings. The van der Waals surface area contributed by atoms with Crippen molar-refractivity contribution in [1.82, 2.24) is 19.9 Å². The van der Waals surface area contributed by atoms with E-state index in [1.165, 1.54) is 0 Å². The van der Waals surface area contributed by atoms with Crippen LogP contribution in [0.3, 0.4) is 0 Å². The highest BCUT2D eigenvalue weighted by Crippen LogP contribution is 2.30. The van der Waals surface area contributed by atoms with Crippen LogP contribution in [0.5, 0.6) is 0 Å². The van der Waals surface area contributed by atoms with Gasteiger partial charge in [-0.25, -0.2) is 14.8 Å². The number of amides is 1. The molecule has 2 aromatic heterocycles. The van der Waals surface area contributed by atoms with Gasteiger partial charge in [-0.15, -0.1) is 0 Å². The number of benzene rings is 1. The number of carbonyl (C=O) groups excluding carboxylic acids is 1. The third kappa shape index (κ3) is 5.18. The van der Waals surface area contributed by atoms with Crippen LogP contribution in [0.1, 0.15) is 46.6 Å². The Kier molecular flexibility index (Phi) is 6.77. The van der Waals surface area contributed by atoms with Gasteiger partial charge in [0.1, 0.15) is 11.1 Å². The summed E-state index contributed by atoms with van der Waals surface area (Å²) in [5.41, 5.74) is 8.15. The van der Waals surface area contributed by atoms with Crippen LogP contribution in [0, 0.1) is 0 Å². The molecule has 1 amide bonds. The van der Waals surface area contributed by atoms with Gasteiger partial charge < -0.3 is 25.1 Å². The SMILES string of the molecule is CCOC[C@H](CCCNC(=O)OC(C)(C)C)n1cnc2c(N)nc3ccccc3c21. The summed E-state index contributed by atoms with van der Waals surface area (Å²) in [6.45, 7) is 9.22. The Hall–Kier alpha value is -2.87. The molecule has 3 N–H and O–H groups in total. The number of carbonyl (C=O) groups is 1. The van der Waals surface area contributed by atoms with Crippen LogP contribution < -0.4 is 11.1 Å². The Morgan fingerprint density at radius 3 is 2.80 bits per heavy atom. The number of nitrogens with one attached hydrogen (secondary N) is 1. The number of fused-ring (bicyclic) bond motifs is 3. The minimum Gasteiger partial charge on any atom is -0.444 e. The van der Waals surface area contributed by atoms with Crippen molar-refractivity contribution in [3.8, 4) is 0 Å². The fraction of sp³-hybridized carbons (Fsp3) is 0.500. The Balaban J connectivity index is 1.79. The predicted molar refractivity (Wildman–Crippen MR) is 118 cm³/mol. The van der Waals surface area contributed by atoms with Crippen LogP contribution in [0.4, 0.5) is 10.6 Å². The van der Waals surface area contributed by atoms with Crippen LogP contribution in [-0.4, -0.2) is 46.0 Å². The van der Waals surface area contributed by atoms with Gasteiger partial charge in [0.25, 0.3) is 0 Å². The minimum atomic E-state index is -0.508. The maximum absolute atomic E-state index is 11.9. The Labute approximate surface area is 176 Å². The number of pyridine rings is 1. The molecular weight excluding hydrogens is 382 g/mol. The summed E-state index contributed by atoms with van der Waals surface area (Å²) in [6, 6.07) is 7.97. The third-order valence-corrected chi connectivity index (χ3v) is 4.73. The summed E-state index contributed by atoms with van der Waals surface area (Å²) in [6.07, 6.45) is 2.98. The number of alkyl carbamates (subject to hydrolysis) is 1. The van der Waals surface area contributed by atoms with Crippen molar-refractivity contribution in [2.75, 3.05) is 25.5 Å². The normalized spacial score (nSPS) is 12.9. The second-order valence-electron chi connectivity index (χ2n) is 8.25. The number of imidazole rings is 1. The summed E-state index contributed by atoms with van der Waals surface area (Å²) in [7, 11) is 0. The van der Waals surface area contributed by atoms with E-state index in [2.05, 4.69) is 19.9 Å². The van der Waals surface area contributed by atoms with Gasteiger partial charge >= 0.3 is 6.09 Å². The Morgan fingerprint density at radius 2 is 2.07 bits per heavy atom. The lowest BCUT2D eigenvalue weighted by Crippen LogP contribution is -2.33. The van der Waals surface area contributed by atoms with Crippen molar-refractivity contribution in [3.05, 3.63) is 30.6 Å². The van der Waals surface area contributed by atoms with E-state index in [0.29, 0.717) is 31.1 Å². The van der Waals surface area contributed by atoms with Crippen molar-refractivity contribution in [2.45, 2.75) is 52.2 Å². The van der Waals surface area contributed by atoms with E-state index >= 15 is 0 Å². The summed E-state index contributed by atoms with van der Waals surface area (Å²) in [5.74, 6) is 0.421. The zero-order valence-corrected chi connectivity index (χ0v) is 18.1. The summed E-state index contributed by atoms with van der Waals surface area (Å²) in [4.78, 5) is 20.9. The first kappa shape index (κ1) is 21.8. The monoisotopic (exact) mass is 413 g/mol. The minimum absolute atomic E-state index is 0.0561. The molecule has 162 valence electrons. The zero-order chi connectivity index (χ0) is 21.7. The third-order valence-electron chi connectivity index (χ3n) is 4.73. The van der Waals surface area contributed by atoms with Crippen molar-refractivity contribution < 1.29 is 14.3 Å². The van der Waals surface area contributed by atoms with Crippen LogP contribution in [0.25, 0.3) is 21.9 Å². The predicted octanol–water partition coefficient (Wildman–Crippen LogP) is 4.05. The van der Waals surface area contributed by atoms with Gasteiger partial charge in [-0.1, -0.05) is 18.2 Å². The van der Waals surface area contributed by atoms with Crippen LogP contribution in [-0.2, 0) is 9.47 Å². The van der Waals surface area contributed by atoms with E-state index in [-0.39, 0.29) is 6.04 Å². The quantitative estimate of drug-likeness (QED) is 0.540. The molecule has 0 saturated heterocycles. The first-order valence-corrected chi connectivity index (χ1v) is 10.4. The molecule has 1 atom stereocenters. The van der Waals surface area contributed by atoms with Crippen molar-refractivity contribution in [3.63, 3.8) is 0 Å². The highest BCUT2D eigenvalue weighted by molar-refractivity contribution is 6.06. The molecule has 8 nitrogen and oxygen atoms in total. The molecule has 2 heterocycles. The Morgan fingerprint density at radius 1 is 1.30 bits per heavy atom. The molecular formula is C22H31N5O3. The van der Waals surface area contributed by atoms with Gasteiger partial charge in [0.2, 0.25) is 0 Å². The fourth-order valence-corrected chi connectivity index (χ4v) is 3.45. The van der Waals surface area contributed by atoms with Gasteiger partial charge in [-0.2, -0.15) is 0 Å². The van der Waals surface area contributed by atoms with Crippen LogP contribution in [0.2, 0.25) is 0 Å². The highest BCUT2D eigenvalue weighted by Gasteiger charge is 2.19. The molecule has 0 aliphatic heterocycles. The molecule has 3 aromatic rings. The first-order chi connectivity index (χ1) is 14.3. The number of para-hydroxylation sites is 1. The number of anilines is 1. The molecule has 8 heteroatoms. The van der Waals surface area contributed by atoms with Crippen LogP contribution >= 0.6 is 0 Å². The van der Waals surface area contributed by atoms with Crippen molar-refractivity contribution >= 4 is 33.8 Å². The lowest BCUT2D eigenvalue weighted by Gasteiger charge is -2.21. The average Bonchev–Trinajstić information content (AvgIpc) is 3.12. The van der Waals surface area contributed by atoms with Gasteiger partial charge in [0.15, 0.2) is 5.82 Å². The number of nitrogens with zero attached hydrogens (tertiary/aromatic N) is 3. The molecule has 0 saturated carbocycles. The summed E-state index contributed by atoms with van der Waals surface area (Å²) >= 11 is 0. The molecule has 0 unspecified atom stereocenters. The standard InChI is InChI=1S/C22H31N5O3/c1-5-29-13-15(9-8-12-24-21(28)30-22(2,3)4)27-14-25-18-19(27)16-10-6-7-11-17(16)26-20(18)23/h6-7,10-11,14-15H,5,8-9,12-13H2,1-4H3,(H2,23,26)(H,24,28)/t15-/m0/s1. The summed E-state index contributed by atoms with van der Waals surface area (Å²) in [5, 5.41) is 3.82. The van der Waals surface area contributed by atoms with Gasteiger partial charge in [0.05, 0.1) is 30.0 Å². The fourth-order valence-electron chi connectivity index (χ4n) is 3.45. The van der Waals surface area contributed by atoms with Gasteiger partial charge in [-0.05, 0) is 46.6 Å². The topological polar surface area (TPSA) is 104 Å². The Bertz CT molecular complexity index is 1010. The van der Waals surface area contributed by atoms with Crippen LogP contribution in [0.15, 0.2) is 30.6 Å². The largest absolute Gasteiger partial charge is 0.444 e. The van der Waals surface area contributed by atoms with E-state index in [4.69, 9.17) is 15.2 Å². The number of hydrogen-bond donors (Lipinski definition) is 2.